The first-order chi connectivity index (χ1) is 6.40. The van der Waals surface area contributed by atoms with Gasteiger partial charge < -0.3 is 5.32 Å². The SMILES string of the molecule is O=CNc1cnc2ccncc2c1. The van der Waals surface area contributed by atoms with Crippen LogP contribution in [0.1, 0.15) is 0 Å². The number of carbonyl (C=O) groups is 1. The Morgan fingerprint density at radius 2 is 2.31 bits per heavy atom. The number of nitrogens with zero attached hydrogens (tertiary/aromatic N) is 2. The predicted molar refractivity (Wildman–Crippen MR) is 49.2 cm³/mol. The van der Waals surface area contributed by atoms with Gasteiger partial charge >= 0.3 is 0 Å². The Kier molecular flexibility index (Phi) is 1.88. The molecule has 0 radical (unpaired) electrons. The topological polar surface area (TPSA) is 54.9 Å². The van der Waals surface area contributed by atoms with E-state index in [0.717, 1.165) is 10.9 Å². The first kappa shape index (κ1) is 7.67. The molecule has 0 spiro atoms. The van der Waals surface area contributed by atoms with Crippen LogP contribution in [0.25, 0.3) is 10.9 Å². The molecule has 2 heterocycles. The smallest absolute Gasteiger partial charge is 0.211 e. The van der Waals surface area contributed by atoms with Crippen molar-refractivity contribution in [3.8, 4) is 0 Å². The van der Waals surface area contributed by atoms with Gasteiger partial charge in [-0.2, -0.15) is 0 Å². The van der Waals surface area contributed by atoms with Gasteiger partial charge in [-0.1, -0.05) is 0 Å². The molecule has 64 valence electrons. The highest BCUT2D eigenvalue weighted by Crippen LogP contribution is 2.13. The fraction of sp³-hybridized carbons (Fsp3) is 0. The van der Waals surface area contributed by atoms with Crippen LogP contribution in [-0.2, 0) is 4.79 Å². The minimum Gasteiger partial charge on any atom is -0.327 e. The lowest BCUT2D eigenvalue weighted by molar-refractivity contribution is -0.105. The Hall–Kier alpha value is -1.97. The molecule has 0 fully saturated rings. The Labute approximate surface area is 74.6 Å². The van der Waals surface area contributed by atoms with Gasteiger partial charge in [-0.3, -0.25) is 14.8 Å². The van der Waals surface area contributed by atoms with E-state index < -0.39 is 0 Å². The lowest BCUT2D eigenvalue weighted by Crippen LogP contribution is -1.94. The van der Waals surface area contributed by atoms with Crippen LogP contribution in [0.4, 0.5) is 5.69 Å². The van der Waals surface area contributed by atoms with E-state index in [1.165, 1.54) is 0 Å². The summed E-state index contributed by atoms with van der Waals surface area (Å²) in [4.78, 5) is 18.3. The minimum absolute atomic E-state index is 0.624. The van der Waals surface area contributed by atoms with Crippen molar-refractivity contribution in [3.63, 3.8) is 0 Å². The van der Waals surface area contributed by atoms with E-state index in [2.05, 4.69) is 15.3 Å². The highest BCUT2D eigenvalue weighted by atomic mass is 16.1. The Morgan fingerprint density at radius 1 is 1.38 bits per heavy atom. The summed E-state index contributed by atoms with van der Waals surface area (Å²) in [6.45, 7) is 0. The molecule has 0 aliphatic rings. The van der Waals surface area contributed by atoms with Crippen molar-refractivity contribution in [3.05, 3.63) is 30.7 Å². The largest absolute Gasteiger partial charge is 0.327 e. The summed E-state index contributed by atoms with van der Waals surface area (Å²) < 4.78 is 0. The zero-order valence-corrected chi connectivity index (χ0v) is 6.77. The fourth-order valence-electron chi connectivity index (χ4n) is 1.12. The number of anilines is 1. The average molecular weight is 173 g/mol. The lowest BCUT2D eigenvalue weighted by atomic mass is 10.2. The number of carbonyl (C=O) groups excluding carboxylic acids is 1. The molecule has 0 aromatic carbocycles. The molecular formula is C9H7N3O. The number of hydrogen-bond acceptors (Lipinski definition) is 3. The van der Waals surface area contributed by atoms with Crippen LogP contribution < -0.4 is 5.32 Å². The molecule has 0 saturated heterocycles. The second-order valence-electron chi connectivity index (χ2n) is 2.55. The van der Waals surface area contributed by atoms with Crippen molar-refractivity contribution >= 4 is 23.0 Å². The van der Waals surface area contributed by atoms with E-state index in [1.54, 1.807) is 18.6 Å². The number of aromatic nitrogens is 2. The van der Waals surface area contributed by atoms with Crippen molar-refractivity contribution in [2.45, 2.75) is 0 Å². The standard InChI is InChI=1S/C9H7N3O/c13-6-12-8-3-7-4-10-2-1-9(7)11-5-8/h1-6H,(H,12,13). The number of nitrogens with one attached hydrogen (secondary N) is 1. The Morgan fingerprint density at radius 3 is 3.15 bits per heavy atom. The molecule has 0 unspecified atom stereocenters. The van der Waals surface area contributed by atoms with Crippen LogP contribution in [0, 0.1) is 0 Å². The zero-order chi connectivity index (χ0) is 9.10. The molecule has 0 atom stereocenters. The van der Waals surface area contributed by atoms with E-state index in [4.69, 9.17) is 0 Å². The van der Waals surface area contributed by atoms with E-state index in [1.807, 2.05) is 12.1 Å². The molecule has 1 N–H and O–H groups in total. The fourth-order valence-corrected chi connectivity index (χ4v) is 1.12. The highest BCUT2D eigenvalue weighted by Gasteiger charge is 1.95. The summed E-state index contributed by atoms with van der Waals surface area (Å²) >= 11 is 0. The normalized spacial score (nSPS) is 9.85. The molecule has 4 heteroatoms. The van der Waals surface area contributed by atoms with Crippen LogP contribution in [0.5, 0.6) is 0 Å². The Bertz CT molecular complexity index is 442. The molecule has 2 aromatic heterocycles. The maximum Gasteiger partial charge on any atom is 0.211 e. The molecule has 2 rings (SSSR count). The van der Waals surface area contributed by atoms with Crippen LogP contribution in [0.2, 0.25) is 0 Å². The van der Waals surface area contributed by atoms with Crippen molar-refractivity contribution in [1.82, 2.24) is 9.97 Å². The molecule has 0 saturated carbocycles. The van der Waals surface area contributed by atoms with Gasteiger partial charge in [-0.05, 0) is 12.1 Å². The van der Waals surface area contributed by atoms with Crippen LogP contribution >= 0.6 is 0 Å². The second kappa shape index (κ2) is 3.18. The summed E-state index contributed by atoms with van der Waals surface area (Å²) in [5.74, 6) is 0. The molecule has 13 heavy (non-hydrogen) atoms. The maximum absolute atomic E-state index is 10.2. The molecule has 0 aliphatic heterocycles. The number of fused-ring (bicyclic) bond motifs is 1. The summed E-state index contributed by atoms with van der Waals surface area (Å²) in [5, 5.41) is 3.44. The summed E-state index contributed by atoms with van der Waals surface area (Å²) in [7, 11) is 0. The predicted octanol–water partition coefficient (Wildman–Crippen LogP) is 1.20. The van der Waals surface area contributed by atoms with Gasteiger partial charge in [0.25, 0.3) is 0 Å². The first-order valence-corrected chi connectivity index (χ1v) is 3.80. The van der Waals surface area contributed by atoms with Crippen molar-refractivity contribution < 1.29 is 4.79 Å². The molecule has 0 aliphatic carbocycles. The molecule has 2 aromatic rings. The van der Waals surface area contributed by atoms with Crippen molar-refractivity contribution in [2.24, 2.45) is 0 Å². The third kappa shape index (κ3) is 1.46. The van der Waals surface area contributed by atoms with Crippen LogP contribution in [-0.4, -0.2) is 16.4 Å². The van der Waals surface area contributed by atoms with Crippen LogP contribution in [0.15, 0.2) is 30.7 Å². The lowest BCUT2D eigenvalue weighted by Gasteiger charge is -1.99. The zero-order valence-electron chi connectivity index (χ0n) is 6.77. The third-order valence-electron chi connectivity index (χ3n) is 1.71. The second-order valence-corrected chi connectivity index (χ2v) is 2.55. The summed E-state index contributed by atoms with van der Waals surface area (Å²) in [6, 6.07) is 3.64. The van der Waals surface area contributed by atoms with E-state index in [0.29, 0.717) is 12.1 Å². The minimum atomic E-state index is 0.624. The number of rotatable bonds is 2. The van der Waals surface area contributed by atoms with Gasteiger partial charge in [0.1, 0.15) is 0 Å². The van der Waals surface area contributed by atoms with E-state index in [-0.39, 0.29) is 0 Å². The van der Waals surface area contributed by atoms with Crippen molar-refractivity contribution in [1.29, 1.82) is 0 Å². The highest BCUT2D eigenvalue weighted by molar-refractivity contribution is 5.83. The van der Waals surface area contributed by atoms with Gasteiger partial charge in [0.2, 0.25) is 6.41 Å². The van der Waals surface area contributed by atoms with Crippen LogP contribution in [0.3, 0.4) is 0 Å². The number of hydrogen-bond donors (Lipinski definition) is 1. The number of pyridine rings is 2. The first-order valence-electron chi connectivity index (χ1n) is 3.80. The third-order valence-corrected chi connectivity index (χ3v) is 1.71. The van der Waals surface area contributed by atoms with Crippen molar-refractivity contribution in [2.75, 3.05) is 5.32 Å². The summed E-state index contributed by atoms with van der Waals surface area (Å²) in [5.41, 5.74) is 1.54. The number of amides is 1. The average Bonchev–Trinajstić information content (AvgIpc) is 2.18. The van der Waals surface area contributed by atoms with Gasteiger partial charge in [-0.25, -0.2) is 0 Å². The molecule has 0 bridgehead atoms. The van der Waals surface area contributed by atoms with Gasteiger partial charge in [0.05, 0.1) is 17.4 Å². The quantitative estimate of drug-likeness (QED) is 0.694. The van der Waals surface area contributed by atoms with Gasteiger partial charge in [0, 0.05) is 17.8 Å². The van der Waals surface area contributed by atoms with E-state index in [9.17, 15) is 4.79 Å². The maximum atomic E-state index is 10.2. The Balaban J connectivity index is 2.55. The molecule has 4 nitrogen and oxygen atoms in total. The van der Waals surface area contributed by atoms with Gasteiger partial charge in [0.15, 0.2) is 0 Å². The van der Waals surface area contributed by atoms with E-state index >= 15 is 0 Å². The van der Waals surface area contributed by atoms with Gasteiger partial charge in [-0.15, -0.1) is 0 Å². The summed E-state index contributed by atoms with van der Waals surface area (Å²) in [6.07, 6.45) is 5.62. The molecular weight excluding hydrogens is 166 g/mol. The monoisotopic (exact) mass is 173 g/mol. The molecule has 1 amide bonds.